The second kappa shape index (κ2) is 5.88. The summed E-state index contributed by atoms with van der Waals surface area (Å²) >= 11 is 1.11. The third-order valence-corrected chi connectivity index (χ3v) is 4.51. The highest BCUT2D eigenvalue weighted by atomic mass is 32.1. The van der Waals surface area contributed by atoms with E-state index < -0.39 is 4.92 Å². The first-order chi connectivity index (χ1) is 9.40. The zero-order chi connectivity index (χ0) is 14.9. The molecule has 2 heterocycles. The van der Waals surface area contributed by atoms with Crippen molar-refractivity contribution in [2.75, 3.05) is 6.54 Å². The molecule has 1 aromatic heterocycles. The van der Waals surface area contributed by atoms with Gasteiger partial charge in [-0.25, -0.2) is 0 Å². The number of piperidine rings is 1. The van der Waals surface area contributed by atoms with E-state index in [1.165, 1.54) is 6.07 Å². The Hall–Kier alpha value is -1.47. The van der Waals surface area contributed by atoms with Gasteiger partial charge in [0.05, 0.1) is 11.0 Å². The molecule has 1 aliphatic heterocycles. The van der Waals surface area contributed by atoms with Crippen molar-refractivity contribution >= 4 is 22.2 Å². The lowest BCUT2D eigenvalue weighted by atomic mass is 9.94. The fourth-order valence-corrected chi connectivity index (χ4v) is 3.56. The molecule has 6 nitrogen and oxygen atoms in total. The van der Waals surface area contributed by atoms with Crippen LogP contribution in [0.4, 0.5) is 5.00 Å². The highest BCUT2D eigenvalue weighted by Gasteiger charge is 2.36. The van der Waals surface area contributed by atoms with Crippen molar-refractivity contribution in [2.45, 2.75) is 38.8 Å². The Balaban J connectivity index is 2.31. The Kier molecular flexibility index (Phi) is 4.39. The van der Waals surface area contributed by atoms with E-state index in [1.807, 2.05) is 13.8 Å². The molecule has 1 amide bonds. The average Bonchev–Trinajstić information content (AvgIpc) is 2.83. The zero-order valence-electron chi connectivity index (χ0n) is 11.6. The summed E-state index contributed by atoms with van der Waals surface area (Å²) < 4.78 is 0. The van der Waals surface area contributed by atoms with Crippen LogP contribution in [0.25, 0.3) is 0 Å². The molecule has 0 bridgehead atoms. The normalized spacial score (nSPS) is 23.4. The molecule has 2 unspecified atom stereocenters. The first kappa shape index (κ1) is 14.9. The second-order valence-corrected chi connectivity index (χ2v) is 6.61. The SMILES string of the molecule is CC(C)CN1C(=O)CCC(N)C1c1ccc([N+](=O)[O-])s1. The topological polar surface area (TPSA) is 89.5 Å². The highest BCUT2D eigenvalue weighted by molar-refractivity contribution is 7.15. The molecule has 2 rings (SSSR count). The number of rotatable bonds is 4. The van der Waals surface area contributed by atoms with Gasteiger partial charge in [-0.05, 0) is 18.4 Å². The van der Waals surface area contributed by atoms with Crippen LogP contribution in [0, 0.1) is 16.0 Å². The molecular weight excluding hydrogens is 278 g/mol. The van der Waals surface area contributed by atoms with Gasteiger partial charge in [0.25, 0.3) is 0 Å². The molecular formula is C13H19N3O3S. The summed E-state index contributed by atoms with van der Waals surface area (Å²) in [6.45, 7) is 4.71. The van der Waals surface area contributed by atoms with Crippen molar-refractivity contribution < 1.29 is 9.72 Å². The first-order valence-corrected chi connectivity index (χ1v) is 7.51. The first-order valence-electron chi connectivity index (χ1n) is 6.69. The van der Waals surface area contributed by atoms with Gasteiger partial charge in [-0.2, -0.15) is 0 Å². The van der Waals surface area contributed by atoms with E-state index in [0.29, 0.717) is 25.3 Å². The van der Waals surface area contributed by atoms with E-state index in [9.17, 15) is 14.9 Å². The van der Waals surface area contributed by atoms with Crippen LogP contribution in [-0.4, -0.2) is 28.3 Å². The summed E-state index contributed by atoms with van der Waals surface area (Å²) in [5.74, 6) is 0.420. The van der Waals surface area contributed by atoms with Crippen molar-refractivity contribution in [3.63, 3.8) is 0 Å². The van der Waals surface area contributed by atoms with Crippen molar-refractivity contribution in [1.82, 2.24) is 4.90 Å². The number of carbonyl (C=O) groups excluding carboxylic acids is 1. The van der Waals surface area contributed by atoms with Crippen LogP contribution in [0.1, 0.15) is 37.6 Å². The second-order valence-electron chi connectivity index (χ2n) is 5.52. The van der Waals surface area contributed by atoms with Gasteiger partial charge in [-0.1, -0.05) is 25.2 Å². The van der Waals surface area contributed by atoms with Gasteiger partial charge in [0.2, 0.25) is 5.91 Å². The third kappa shape index (κ3) is 2.99. The summed E-state index contributed by atoms with van der Waals surface area (Å²) in [7, 11) is 0. The number of amides is 1. The molecule has 0 aliphatic carbocycles. The van der Waals surface area contributed by atoms with Gasteiger partial charge in [0.1, 0.15) is 0 Å². The molecule has 0 spiro atoms. The van der Waals surface area contributed by atoms with E-state index in [-0.39, 0.29) is 23.0 Å². The van der Waals surface area contributed by atoms with Gasteiger partial charge >= 0.3 is 5.00 Å². The van der Waals surface area contributed by atoms with Crippen LogP contribution < -0.4 is 5.73 Å². The Morgan fingerprint density at radius 1 is 1.55 bits per heavy atom. The quantitative estimate of drug-likeness (QED) is 0.682. The smallest absolute Gasteiger partial charge is 0.324 e. The molecule has 1 aromatic rings. The van der Waals surface area contributed by atoms with E-state index in [1.54, 1.807) is 11.0 Å². The zero-order valence-corrected chi connectivity index (χ0v) is 12.4. The largest absolute Gasteiger partial charge is 0.333 e. The van der Waals surface area contributed by atoms with Crippen LogP contribution >= 0.6 is 11.3 Å². The maximum atomic E-state index is 12.1. The summed E-state index contributed by atoms with van der Waals surface area (Å²) in [5.41, 5.74) is 6.17. The van der Waals surface area contributed by atoms with E-state index in [4.69, 9.17) is 5.73 Å². The van der Waals surface area contributed by atoms with Crippen molar-refractivity contribution in [3.05, 3.63) is 27.1 Å². The molecule has 7 heteroatoms. The Morgan fingerprint density at radius 3 is 2.80 bits per heavy atom. The van der Waals surface area contributed by atoms with Crippen LogP contribution in [0.15, 0.2) is 12.1 Å². The summed E-state index contributed by atoms with van der Waals surface area (Å²) in [4.78, 5) is 25.1. The lowest BCUT2D eigenvalue weighted by Crippen LogP contribution is -2.49. The van der Waals surface area contributed by atoms with Crippen LogP contribution in [0.2, 0.25) is 0 Å². The fourth-order valence-electron chi connectivity index (χ4n) is 2.55. The number of nitrogens with two attached hydrogens (primary N) is 1. The van der Waals surface area contributed by atoms with E-state index in [2.05, 4.69) is 0 Å². The number of nitro groups is 1. The predicted molar refractivity (Wildman–Crippen MR) is 77.5 cm³/mol. The van der Waals surface area contributed by atoms with Gasteiger partial charge in [-0.15, -0.1) is 0 Å². The van der Waals surface area contributed by atoms with Gasteiger partial charge in [-0.3, -0.25) is 14.9 Å². The summed E-state index contributed by atoms with van der Waals surface area (Å²) in [6.07, 6.45) is 1.08. The number of likely N-dealkylation sites (tertiary alicyclic amines) is 1. The maximum absolute atomic E-state index is 12.1. The van der Waals surface area contributed by atoms with E-state index in [0.717, 1.165) is 16.2 Å². The number of nitrogens with zero attached hydrogens (tertiary/aromatic N) is 2. The molecule has 0 saturated carbocycles. The molecule has 2 N–H and O–H groups in total. The molecule has 0 aromatic carbocycles. The van der Waals surface area contributed by atoms with Gasteiger partial charge < -0.3 is 10.6 Å². The Bertz CT molecular complexity index is 515. The molecule has 2 atom stereocenters. The highest BCUT2D eigenvalue weighted by Crippen LogP contribution is 2.37. The number of carbonyl (C=O) groups is 1. The van der Waals surface area contributed by atoms with Crippen molar-refractivity contribution in [1.29, 1.82) is 0 Å². The molecule has 1 aliphatic rings. The van der Waals surface area contributed by atoms with Gasteiger partial charge in [0.15, 0.2) is 0 Å². The minimum Gasteiger partial charge on any atom is -0.333 e. The Morgan fingerprint density at radius 2 is 2.25 bits per heavy atom. The van der Waals surface area contributed by atoms with Gasteiger partial charge in [0, 0.05) is 30.0 Å². The molecule has 1 fully saturated rings. The lowest BCUT2D eigenvalue weighted by molar-refractivity contribution is -0.380. The minimum atomic E-state index is -0.406. The maximum Gasteiger partial charge on any atom is 0.324 e. The molecule has 20 heavy (non-hydrogen) atoms. The number of thiophene rings is 1. The molecule has 0 radical (unpaired) electrons. The van der Waals surface area contributed by atoms with E-state index >= 15 is 0 Å². The summed E-state index contributed by atoms with van der Waals surface area (Å²) in [5, 5.41) is 10.9. The van der Waals surface area contributed by atoms with Crippen molar-refractivity contribution in [3.8, 4) is 0 Å². The summed E-state index contributed by atoms with van der Waals surface area (Å²) in [6, 6.07) is 2.81. The monoisotopic (exact) mass is 297 g/mol. The predicted octanol–water partition coefficient (Wildman–Crippen LogP) is 2.30. The molecule has 110 valence electrons. The lowest BCUT2D eigenvalue weighted by Gasteiger charge is -2.40. The third-order valence-electron chi connectivity index (χ3n) is 3.40. The average molecular weight is 297 g/mol. The fraction of sp³-hybridized carbons (Fsp3) is 0.615. The molecule has 1 saturated heterocycles. The number of hydrogen-bond acceptors (Lipinski definition) is 5. The Labute approximate surface area is 121 Å². The number of hydrogen-bond donors (Lipinski definition) is 1. The van der Waals surface area contributed by atoms with Crippen LogP contribution in [0.5, 0.6) is 0 Å². The minimum absolute atomic E-state index is 0.0847. The standard InChI is InChI=1S/C13H19N3O3S/c1-8(2)7-15-11(17)5-3-9(14)13(15)10-4-6-12(20-10)16(18)19/h4,6,8-9,13H,3,5,7,14H2,1-2H3. The van der Waals surface area contributed by atoms with Crippen LogP contribution in [0.3, 0.4) is 0 Å². The van der Waals surface area contributed by atoms with Crippen molar-refractivity contribution in [2.24, 2.45) is 11.7 Å². The van der Waals surface area contributed by atoms with Crippen LogP contribution in [-0.2, 0) is 4.79 Å².